The molecule has 0 heterocycles. The Morgan fingerprint density at radius 1 is 0.931 bits per heavy atom. The van der Waals surface area contributed by atoms with E-state index >= 15 is 0 Å². The maximum absolute atomic E-state index is 13.3. The largest absolute Gasteiger partial charge is 0.352 e. The van der Waals surface area contributed by atoms with Crippen LogP contribution in [0.1, 0.15) is 55.9 Å². The van der Waals surface area contributed by atoms with E-state index in [9.17, 15) is 9.59 Å². The summed E-state index contributed by atoms with van der Waals surface area (Å²) < 4.78 is 0. The molecule has 0 aliphatic heterocycles. The van der Waals surface area contributed by atoms with Crippen LogP contribution in [0, 0.1) is 13.8 Å². The number of aryl methyl sites for hydroxylation is 2. The summed E-state index contributed by atoms with van der Waals surface area (Å²) in [6, 6.07) is 15.7. The van der Waals surface area contributed by atoms with Crippen LogP contribution in [0.25, 0.3) is 0 Å². The van der Waals surface area contributed by atoms with Crippen LogP contribution in [0.15, 0.2) is 48.5 Å². The molecule has 4 nitrogen and oxygen atoms in total. The number of nitrogens with one attached hydrogen (secondary N) is 1. The van der Waals surface area contributed by atoms with Crippen LogP contribution in [0.5, 0.6) is 0 Å². The van der Waals surface area contributed by atoms with E-state index in [4.69, 9.17) is 0 Å². The molecule has 0 spiro atoms. The Morgan fingerprint density at radius 2 is 1.62 bits per heavy atom. The van der Waals surface area contributed by atoms with Crippen molar-refractivity contribution in [2.24, 2.45) is 0 Å². The quantitative estimate of drug-likeness (QED) is 0.677. The summed E-state index contributed by atoms with van der Waals surface area (Å²) in [7, 11) is 0. The first-order chi connectivity index (χ1) is 13.8. The van der Waals surface area contributed by atoms with Crippen LogP contribution < -0.4 is 5.32 Å². The van der Waals surface area contributed by atoms with Crippen LogP contribution in [-0.4, -0.2) is 28.8 Å². The second kappa shape index (κ2) is 10.8. The third-order valence-corrected chi connectivity index (χ3v) is 5.30. The number of hydrogen-bond donors (Lipinski definition) is 1. The number of nitrogens with zero attached hydrogens (tertiary/aromatic N) is 1. The maximum atomic E-state index is 13.3. The van der Waals surface area contributed by atoms with Gasteiger partial charge in [0, 0.05) is 12.6 Å². The lowest BCUT2D eigenvalue weighted by atomic mass is 10.0. The molecule has 2 aromatic carbocycles. The van der Waals surface area contributed by atoms with Gasteiger partial charge in [0.2, 0.25) is 11.8 Å². The fraction of sp³-hybridized carbons (Fsp3) is 0.440. The van der Waals surface area contributed by atoms with Gasteiger partial charge >= 0.3 is 0 Å². The molecule has 0 saturated carbocycles. The van der Waals surface area contributed by atoms with Crippen LogP contribution in [0.2, 0.25) is 0 Å². The Kier molecular flexibility index (Phi) is 8.44. The summed E-state index contributed by atoms with van der Waals surface area (Å²) in [4.78, 5) is 28.0. The van der Waals surface area contributed by atoms with Gasteiger partial charge in [-0.15, -0.1) is 0 Å². The van der Waals surface area contributed by atoms with Crippen LogP contribution >= 0.6 is 0 Å². The molecule has 0 fully saturated rings. The molecule has 1 N–H and O–H groups in total. The number of benzene rings is 2. The topological polar surface area (TPSA) is 49.4 Å². The lowest BCUT2D eigenvalue weighted by Crippen LogP contribution is -2.51. The number of carbonyl (C=O) groups excluding carboxylic acids is 2. The van der Waals surface area contributed by atoms with Crippen molar-refractivity contribution in [2.75, 3.05) is 0 Å². The summed E-state index contributed by atoms with van der Waals surface area (Å²) in [5.74, 6) is -0.103. The number of rotatable bonds is 9. The zero-order chi connectivity index (χ0) is 21.4. The SMILES string of the molecule is CC[C@@H](C)NC(=O)[C@@H](CC)N(Cc1ccc(C)cc1)C(=O)Cc1cccc(C)c1. The molecule has 2 rings (SSSR count). The molecule has 4 heteroatoms. The normalized spacial score (nSPS) is 12.9. The van der Waals surface area contributed by atoms with E-state index in [0.29, 0.717) is 19.4 Å². The lowest BCUT2D eigenvalue weighted by Gasteiger charge is -2.31. The predicted molar refractivity (Wildman–Crippen MR) is 119 cm³/mol. The zero-order valence-corrected chi connectivity index (χ0v) is 18.4. The van der Waals surface area contributed by atoms with Crippen molar-refractivity contribution in [3.63, 3.8) is 0 Å². The van der Waals surface area contributed by atoms with Crippen LogP contribution in [0.4, 0.5) is 0 Å². The van der Waals surface area contributed by atoms with Gasteiger partial charge < -0.3 is 10.2 Å². The van der Waals surface area contributed by atoms with E-state index in [1.165, 1.54) is 5.56 Å². The Morgan fingerprint density at radius 3 is 2.21 bits per heavy atom. The molecule has 2 atom stereocenters. The minimum absolute atomic E-state index is 0.0256. The van der Waals surface area contributed by atoms with Crippen molar-refractivity contribution in [1.29, 1.82) is 0 Å². The fourth-order valence-corrected chi connectivity index (χ4v) is 3.35. The summed E-state index contributed by atoms with van der Waals surface area (Å²) in [6.45, 7) is 10.5. The molecule has 156 valence electrons. The molecule has 0 saturated heterocycles. The second-order valence-electron chi connectivity index (χ2n) is 7.91. The Bertz CT molecular complexity index is 814. The van der Waals surface area contributed by atoms with E-state index in [1.54, 1.807) is 4.90 Å². The van der Waals surface area contributed by atoms with Crippen LogP contribution in [-0.2, 0) is 22.6 Å². The highest BCUT2D eigenvalue weighted by Gasteiger charge is 2.29. The van der Waals surface area contributed by atoms with E-state index in [-0.39, 0.29) is 17.9 Å². The van der Waals surface area contributed by atoms with Gasteiger partial charge in [-0.3, -0.25) is 9.59 Å². The first-order valence-electron chi connectivity index (χ1n) is 10.5. The summed E-state index contributed by atoms with van der Waals surface area (Å²) >= 11 is 0. The van der Waals surface area contributed by atoms with Crippen molar-refractivity contribution >= 4 is 11.8 Å². The minimum Gasteiger partial charge on any atom is -0.352 e. The summed E-state index contributed by atoms with van der Waals surface area (Å²) in [6.07, 6.45) is 1.73. The fourth-order valence-electron chi connectivity index (χ4n) is 3.35. The molecule has 0 aliphatic rings. The van der Waals surface area contributed by atoms with Gasteiger partial charge in [-0.2, -0.15) is 0 Å². The highest BCUT2D eigenvalue weighted by atomic mass is 16.2. The molecule has 0 radical (unpaired) electrons. The first-order valence-corrected chi connectivity index (χ1v) is 10.5. The van der Waals surface area contributed by atoms with Gasteiger partial charge in [0.15, 0.2) is 0 Å². The average Bonchev–Trinajstić information content (AvgIpc) is 2.69. The van der Waals surface area contributed by atoms with E-state index in [0.717, 1.165) is 23.1 Å². The van der Waals surface area contributed by atoms with Crippen molar-refractivity contribution in [3.8, 4) is 0 Å². The molecule has 0 aromatic heterocycles. The highest BCUT2D eigenvalue weighted by Crippen LogP contribution is 2.16. The molecule has 29 heavy (non-hydrogen) atoms. The Balaban J connectivity index is 2.28. The Hall–Kier alpha value is -2.62. The van der Waals surface area contributed by atoms with Gasteiger partial charge in [0.25, 0.3) is 0 Å². The van der Waals surface area contributed by atoms with E-state index < -0.39 is 6.04 Å². The van der Waals surface area contributed by atoms with Gasteiger partial charge in [-0.25, -0.2) is 0 Å². The number of amides is 2. The maximum Gasteiger partial charge on any atom is 0.243 e. The first kappa shape index (κ1) is 22.7. The van der Waals surface area contributed by atoms with Crippen molar-refractivity contribution in [3.05, 3.63) is 70.8 Å². The molecule has 0 aliphatic carbocycles. The van der Waals surface area contributed by atoms with Gasteiger partial charge in [0.05, 0.1) is 6.42 Å². The standard InChI is InChI=1S/C25H34N2O2/c1-6-20(5)26-25(29)23(7-2)27(17-21-13-11-18(3)12-14-21)24(28)16-22-10-8-9-19(4)15-22/h8-15,20,23H,6-7,16-17H2,1-5H3,(H,26,29)/t20-,23-/m1/s1. The molecule has 0 bridgehead atoms. The van der Waals surface area contributed by atoms with Gasteiger partial charge in [-0.1, -0.05) is 73.5 Å². The number of hydrogen-bond acceptors (Lipinski definition) is 2. The van der Waals surface area contributed by atoms with Gasteiger partial charge in [-0.05, 0) is 44.7 Å². The van der Waals surface area contributed by atoms with E-state index in [2.05, 4.69) is 5.32 Å². The van der Waals surface area contributed by atoms with Gasteiger partial charge in [0.1, 0.15) is 6.04 Å². The third-order valence-electron chi connectivity index (χ3n) is 5.30. The third kappa shape index (κ3) is 6.74. The monoisotopic (exact) mass is 394 g/mol. The molecular formula is C25H34N2O2. The van der Waals surface area contributed by atoms with Crippen molar-refractivity contribution in [2.45, 2.75) is 72.5 Å². The van der Waals surface area contributed by atoms with Crippen molar-refractivity contribution in [1.82, 2.24) is 10.2 Å². The molecule has 0 unspecified atom stereocenters. The molecule has 2 aromatic rings. The average molecular weight is 395 g/mol. The summed E-state index contributed by atoms with van der Waals surface area (Å²) in [5, 5.41) is 3.05. The van der Waals surface area contributed by atoms with Crippen LogP contribution in [0.3, 0.4) is 0 Å². The Labute approximate surface area is 175 Å². The van der Waals surface area contributed by atoms with Crippen molar-refractivity contribution < 1.29 is 9.59 Å². The minimum atomic E-state index is -0.484. The second-order valence-corrected chi connectivity index (χ2v) is 7.91. The number of carbonyl (C=O) groups is 2. The lowest BCUT2D eigenvalue weighted by molar-refractivity contribution is -0.141. The molecular weight excluding hydrogens is 360 g/mol. The highest BCUT2D eigenvalue weighted by molar-refractivity contribution is 5.88. The molecule has 2 amide bonds. The zero-order valence-electron chi connectivity index (χ0n) is 18.4. The smallest absolute Gasteiger partial charge is 0.243 e. The van der Waals surface area contributed by atoms with E-state index in [1.807, 2.05) is 83.1 Å². The summed E-state index contributed by atoms with van der Waals surface area (Å²) in [5.41, 5.74) is 4.30. The predicted octanol–water partition coefficient (Wildman–Crippen LogP) is 4.57.